The fraction of sp³-hybridized carbons (Fsp3) is 0.318. The number of benzene rings is 1. The molecule has 1 aliphatic rings. The highest BCUT2D eigenvalue weighted by atomic mass is 19.1. The van der Waals surface area contributed by atoms with E-state index in [2.05, 4.69) is 4.98 Å². The van der Waals surface area contributed by atoms with Crippen molar-refractivity contribution in [3.63, 3.8) is 0 Å². The molecule has 10 heteroatoms. The predicted octanol–water partition coefficient (Wildman–Crippen LogP) is 2.04. The Bertz CT molecular complexity index is 1230. The molecule has 32 heavy (non-hydrogen) atoms. The van der Waals surface area contributed by atoms with Crippen LogP contribution in [0.15, 0.2) is 41.3 Å². The number of aliphatic hydroxyl groups is 1. The van der Waals surface area contributed by atoms with E-state index in [1.54, 1.807) is 13.0 Å². The Morgan fingerprint density at radius 1 is 1.31 bits per heavy atom. The van der Waals surface area contributed by atoms with Gasteiger partial charge in [0.2, 0.25) is 5.43 Å². The minimum atomic E-state index is -0.885. The first-order valence-corrected chi connectivity index (χ1v) is 10.1. The number of hydrogen-bond donors (Lipinski definition) is 1. The van der Waals surface area contributed by atoms with Crippen LogP contribution in [0.5, 0.6) is 0 Å². The Hall–Kier alpha value is -3.37. The summed E-state index contributed by atoms with van der Waals surface area (Å²) in [4.78, 5) is 31.8. The summed E-state index contributed by atoms with van der Waals surface area (Å²) >= 11 is 0. The van der Waals surface area contributed by atoms with Crippen molar-refractivity contribution < 1.29 is 28.2 Å². The lowest BCUT2D eigenvalue weighted by Gasteiger charge is -2.33. The van der Waals surface area contributed by atoms with Crippen LogP contribution in [0.25, 0.3) is 16.7 Å². The van der Waals surface area contributed by atoms with Gasteiger partial charge in [0.15, 0.2) is 5.65 Å². The van der Waals surface area contributed by atoms with E-state index in [1.807, 2.05) is 4.90 Å². The smallest absolute Gasteiger partial charge is 0.343 e. The number of fused-ring (bicyclic) bond motifs is 1. The normalized spacial score (nSPS) is 16.4. The van der Waals surface area contributed by atoms with Crippen molar-refractivity contribution in [3.8, 4) is 5.69 Å². The van der Waals surface area contributed by atoms with Crippen molar-refractivity contribution in [2.45, 2.75) is 13.0 Å². The number of aliphatic hydroxyl groups excluding tert-OH is 1. The van der Waals surface area contributed by atoms with Gasteiger partial charge in [-0.25, -0.2) is 18.6 Å². The second kappa shape index (κ2) is 9.01. The minimum Gasteiger partial charge on any atom is -0.462 e. The Morgan fingerprint density at radius 2 is 2.12 bits per heavy atom. The van der Waals surface area contributed by atoms with Gasteiger partial charge < -0.3 is 19.5 Å². The summed E-state index contributed by atoms with van der Waals surface area (Å²) in [5, 5.41) is 9.48. The third kappa shape index (κ3) is 4.06. The molecule has 168 valence electrons. The summed E-state index contributed by atoms with van der Waals surface area (Å²) < 4.78 is 39.8. The van der Waals surface area contributed by atoms with Gasteiger partial charge in [0.05, 0.1) is 37.0 Å². The number of ether oxygens (including phenoxy) is 2. The molecular formula is C22H21F2N3O5. The van der Waals surface area contributed by atoms with Gasteiger partial charge >= 0.3 is 5.97 Å². The summed E-state index contributed by atoms with van der Waals surface area (Å²) in [6.45, 7) is 2.77. The summed E-state index contributed by atoms with van der Waals surface area (Å²) in [5.74, 6) is -2.01. The molecule has 0 spiro atoms. The van der Waals surface area contributed by atoms with E-state index in [0.29, 0.717) is 31.6 Å². The molecule has 1 fully saturated rings. The third-order valence-corrected chi connectivity index (χ3v) is 5.17. The van der Waals surface area contributed by atoms with Gasteiger partial charge in [0.25, 0.3) is 0 Å². The molecule has 1 aliphatic heterocycles. The molecule has 1 aromatic carbocycles. The van der Waals surface area contributed by atoms with Crippen LogP contribution in [0, 0.1) is 11.6 Å². The number of nitrogens with zero attached hydrogens (tertiary/aromatic N) is 3. The highest BCUT2D eigenvalue weighted by Crippen LogP contribution is 2.24. The van der Waals surface area contributed by atoms with Gasteiger partial charge in [-0.1, -0.05) is 0 Å². The number of rotatable bonds is 5. The van der Waals surface area contributed by atoms with Crippen LogP contribution in [0.3, 0.4) is 0 Å². The fourth-order valence-corrected chi connectivity index (χ4v) is 3.62. The first-order chi connectivity index (χ1) is 15.4. The Balaban J connectivity index is 1.93. The van der Waals surface area contributed by atoms with Gasteiger partial charge in [-0.2, -0.15) is 0 Å². The lowest BCUT2D eigenvalue weighted by molar-refractivity contribution is 0.00337. The van der Waals surface area contributed by atoms with E-state index >= 15 is 0 Å². The minimum absolute atomic E-state index is 0.0570. The molecule has 0 radical (unpaired) electrons. The topological polar surface area (TPSA) is 93.9 Å². The van der Waals surface area contributed by atoms with Crippen molar-refractivity contribution in [2.75, 3.05) is 37.8 Å². The van der Waals surface area contributed by atoms with E-state index in [0.717, 1.165) is 12.3 Å². The highest BCUT2D eigenvalue weighted by Gasteiger charge is 2.24. The molecule has 8 nitrogen and oxygen atoms in total. The molecule has 1 N–H and O–H groups in total. The van der Waals surface area contributed by atoms with Gasteiger partial charge in [0.1, 0.15) is 23.0 Å². The average molecular weight is 445 g/mol. The fourth-order valence-electron chi connectivity index (χ4n) is 3.62. The number of carbonyl (C=O) groups is 1. The number of anilines is 1. The van der Waals surface area contributed by atoms with Gasteiger partial charge in [-0.05, 0) is 31.2 Å². The molecule has 0 saturated carbocycles. The Labute approximate surface area is 181 Å². The van der Waals surface area contributed by atoms with Gasteiger partial charge in [-0.3, -0.25) is 9.36 Å². The van der Waals surface area contributed by atoms with E-state index in [4.69, 9.17) is 9.47 Å². The molecule has 3 aromatic rings. The van der Waals surface area contributed by atoms with Gasteiger partial charge in [-0.15, -0.1) is 0 Å². The first kappa shape index (κ1) is 21.8. The maximum atomic E-state index is 14.7. The second-order valence-electron chi connectivity index (χ2n) is 7.22. The molecule has 1 atom stereocenters. The molecule has 0 bridgehead atoms. The van der Waals surface area contributed by atoms with Crippen LogP contribution < -0.4 is 10.3 Å². The van der Waals surface area contributed by atoms with Crippen LogP contribution in [-0.2, 0) is 9.47 Å². The number of pyridine rings is 2. The van der Waals surface area contributed by atoms with Crippen molar-refractivity contribution in [1.82, 2.24) is 9.55 Å². The molecule has 2 aromatic heterocycles. The van der Waals surface area contributed by atoms with E-state index in [-0.39, 0.29) is 41.6 Å². The van der Waals surface area contributed by atoms with E-state index in [9.17, 15) is 23.5 Å². The third-order valence-electron chi connectivity index (χ3n) is 5.17. The average Bonchev–Trinajstić information content (AvgIpc) is 2.80. The van der Waals surface area contributed by atoms with Crippen LogP contribution in [0.2, 0.25) is 0 Å². The number of morpholine rings is 1. The molecule has 1 saturated heterocycles. The summed E-state index contributed by atoms with van der Waals surface area (Å²) in [5.41, 5.74) is -0.879. The number of carbonyl (C=O) groups excluding carboxylic acids is 1. The summed E-state index contributed by atoms with van der Waals surface area (Å²) in [6, 6.07) is 6.10. The quantitative estimate of drug-likeness (QED) is 0.601. The van der Waals surface area contributed by atoms with Crippen LogP contribution in [-0.4, -0.2) is 59.6 Å². The summed E-state index contributed by atoms with van der Waals surface area (Å²) in [6.07, 6.45) is 0.773. The summed E-state index contributed by atoms with van der Waals surface area (Å²) in [7, 11) is 0. The Kier molecular flexibility index (Phi) is 6.15. The zero-order chi connectivity index (χ0) is 22.8. The maximum absolute atomic E-state index is 14.7. The molecule has 1 unspecified atom stereocenters. The van der Waals surface area contributed by atoms with Crippen molar-refractivity contribution in [1.29, 1.82) is 0 Å². The van der Waals surface area contributed by atoms with Crippen molar-refractivity contribution in [2.24, 2.45) is 0 Å². The standard InChI is InChI=1S/C22H21F2N3O5/c1-2-31-22(30)16-11-27(18-5-3-13(23)9-17(18)24)21-15(20(16)29)4-6-19(25-21)26-7-8-32-14(10-26)12-28/h3-6,9,11,14,28H,2,7-8,10,12H2,1H3. The molecule has 0 aliphatic carbocycles. The predicted molar refractivity (Wildman–Crippen MR) is 112 cm³/mol. The zero-order valence-electron chi connectivity index (χ0n) is 17.3. The van der Waals surface area contributed by atoms with E-state index < -0.39 is 23.0 Å². The van der Waals surface area contributed by atoms with Crippen LogP contribution in [0.1, 0.15) is 17.3 Å². The van der Waals surface area contributed by atoms with Crippen molar-refractivity contribution in [3.05, 3.63) is 63.9 Å². The first-order valence-electron chi connectivity index (χ1n) is 10.1. The number of halogens is 2. The lowest BCUT2D eigenvalue weighted by Crippen LogP contribution is -2.44. The molecule has 0 amide bonds. The second-order valence-corrected chi connectivity index (χ2v) is 7.22. The monoisotopic (exact) mass is 445 g/mol. The lowest BCUT2D eigenvalue weighted by atomic mass is 10.1. The van der Waals surface area contributed by atoms with Crippen molar-refractivity contribution >= 4 is 22.8 Å². The molecular weight excluding hydrogens is 424 g/mol. The van der Waals surface area contributed by atoms with E-state index in [1.165, 1.54) is 16.7 Å². The Morgan fingerprint density at radius 3 is 2.84 bits per heavy atom. The number of esters is 1. The highest BCUT2D eigenvalue weighted by molar-refractivity contribution is 5.93. The molecule has 3 heterocycles. The number of hydrogen-bond acceptors (Lipinski definition) is 7. The van der Waals surface area contributed by atoms with Gasteiger partial charge in [0, 0.05) is 25.4 Å². The maximum Gasteiger partial charge on any atom is 0.343 e. The largest absolute Gasteiger partial charge is 0.462 e. The zero-order valence-corrected chi connectivity index (χ0v) is 17.3. The molecule has 4 rings (SSSR count). The SMILES string of the molecule is CCOC(=O)c1cn(-c2ccc(F)cc2F)c2nc(N3CCOC(CO)C3)ccc2c1=O. The number of aromatic nitrogens is 2. The van der Waals surface area contributed by atoms with Crippen LogP contribution in [0.4, 0.5) is 14.6 Å². The van der Waals surface area contributed by atoms with Crippen LogP contribution >= 0.6 is 0 Å².